The third-order valence-electron chi connectivity index (χ3n) is 3.74. The molecule has 0 radical (unpaired) electrons. The minimum Gasteiger partial charge on any atom is -0.508 e. The summed E-state index contributed by atoms with van der Waals surface area (Å²) in [6.45, 7) is 0. The van der Waals surface area contributed by atoms with Gasteiger partial charge in [0.15, 0.2) is 5.43 Å². The van der Waals surface area contributed by atoms with Gasteiger partial charge in [0.1, 0.15) is 5.75 Å². The maximum absolute atomic E-state index is 11.5. The number of phenolic OH excluding ortho intramolecular Hbond substituents is 1. The fraction of sp³-hybridized carbons (Fsp3) is 0.462. The molecule has 2 aromatic rings. The Morgan fingerprint density at radius 3 is 2.50 bits per heavy atom. The van der Waals surface area contributed by atoms with Crippen LogP contribution in [-0.4, -0.2) is 10.2 Å². The quantitative estimate of drug-likeness (QED) is 0.769. The number of aliphatic hydroxyl groups is 1. The highest BCUT2D eigenvalue weighted by Gasteiger charge is 2.38. The van der Waals surface area contributed by atoms with Crippen molar-refractivity contribution >= 4 is 10.8 Å². The topological polar surface area (TPSA) is 57.5 Å². The summed E-state index contributed by atoms with van der Waals surface area (Å²) in [7, 11) is 0. The molecule has 3 rings (SSSR count). The Morgan fingerprint density at radius 1 is 1.12 bits per heavy atom. The molecule has 0 aliphatic heterocycles. The van der Waals surface area contributed by atoms with Crippen molar-refractivity contribution in [2.45, 2.75) is 37.7 Å². The Kier molecular flexibility index (Phi) is 1.89. The molecule has 2 aromatic carbocycles. The van der Waals surface area contributed by atoms with E-state index in [2.05, 4.69) is 0 Å². The number of benzene rings is 1. The molecule has 1 aliphatic carbocycles. The van der Waals surface area contributed by atoms with Crippen molar-refractivity contribution in [1.82, 2.24) is 0 Å². The first-order valence-electron chi connectivity index (χ1n) is 5.77. The van der Waals surface area contributed by atoms with Gasteiger partial charge in [-0.25, -0.2) is 0 Å². The number of rotatable bonds is 1. The van der Waals surface area contributed by atoms with Gasteiger partial charge in [0.25, 0.3) is 0 Å². The van der Waals surface area contributed by atoms with Crippen LogP contribution in [0.3, 0.4) is 0 Å². The van der Waals surface area contributed by atoms with Gasteiger partial charge < -0.3 is 10.2 Å². The van der Waals surface area contributed by atoms with Crippen LogP contribution in [0.15, 0.2) is 16.9 Å². The Labute approximate surface area is 93.0 Å². The molecule has 0 saturated heterocycles. The zero-order valence-corrected chi connectivity index (χ0v) is 8.99. The van der Waals surface area contributed by atoms with Crippen LogP contribution in [0.5, 0.6) is 5.75 Å². The predicted molar refractivity (Wildman–Crippen MR) is 61.2 cm³/mol. The fourth-order valence-electron chi connectivity index (χ4n) is 2.82. The molecule has 3 nitrogen and oxygen atoms in total. The van der Waals surface area contributed by atoms with Gasteiger partial charge in [-0.3, -0.25) is 4.79 Å². The predicted octanol–water partition coefficient (Wildman–Crippen LogP) is 1.93. The van der Waals surface area contributed by atoms with Crippen molar-refractivity contribution in [3.05, 3.63) is 27.9 Å². The minimum atomic E-state index is -0.986. The van der Waals surface area contributed by atoms with Gasteiger partial charge in [0.2, 0.25) is 0 Å². The third kappa shape index (κ3) is 1.21. The molecule has 0 unspecified atom stereocenters. The first kappa shape index (κ1) is 9.85. The first-order valence-corrected chi connectivity index (χ1v) is 5.77. The molecule has 16 heavy (non-hydrogen) atoms. The number of phenols is 1. The minimum absolute atomic E-state index is 0.0192. The Hall–Kier alpha value is -1.35. The highest BCUT2D eigenvalue weighted by atomic mass is 16.3. The standard InChI is InChI=1S/C13H14O3/c14-9-5-4-8-10(12(8)15)11(9)13(16)6-2-1-3-7-13/h4-5,14,16H,1-3,6-7H2. The van der Waals surface area contributed by atoms with Gasteiger partial charge in [-0.2, -0.15) is 0 Å². The lowest BCUT2D eigenvalue weighted by Crippen LogP contribution is -2.28. The lowest BCUT2D eigenvalue weighted by molar-refractivity contribution is -0.000970. The molecule has 1 fully saturated rings. The van der Waals surface area contributed by atoms with Gasteiger partial charge in [0, 0.05) is 16.3 Å². The van der Waals surface area contributed by atoms with Crippen molar-refractivity contribution in [3.63, 3.8) is 0 Å². The van der Waals surface area contributed by atoms with Crippen LogP contribution in [0.25, 0.3) is 10.8 Å². The van der Waals surface area contributed by atoms with Crippen LogP contribution in [0.4, 0.5) is 0 Å². The Bertz CT molecular complexity index is 555. The smallest absolute Gasteiger partial charge is 0.195 e. The second-order valence-electron chi connectivity index (χ2n) is 4.80. The summed E-state index contributed by atoms with van der Waals surface area (Å²) in [6.07, 6.45) is 4.31. The van der Waals surface area contributed by atoms with E-state index in [-0.39, 0.29) is 11.2 Å². The van der Waals surface area contributed by atoms with Crippen LogP contribution in [-0.2, 0) is 5.60 Å². The van der Waals surface area contributed by atoms with E-state index in [1.807, 2.05) is 0 Å². The van der Waals surface area contributed by atoms with Gasteiger partial charge in [-0.1, -0.05) is 19.3 Å². The normalized spacial score (nSPS) is 20.6. The van der Waals surface area contributed by atoms with Crippen LogP contribution in [0.1, 0.15) is 37.7 Å². The first-order chi connectivity index (χ1) is 7.63. The van der Waals surface area contributed by atoms with Gasteiger partial charge in [-0.15, -0.1) is 0 Å². The van der Waals surface area contributed by atoms with Crippen molar-refractivity contribution in [3.8, 4) is 5.75 Å². The second-order valence-corrected chi connectivity index (χ2v) is 4.80. The molecule has 0 aromatic heterocycles. The number of fused-ring (bicyclic) bond motifs is 1. The number of aromatic hydroxyl groups is 1. The van der Waals surface area contributed by atoms with Crippen molar-refractivity contribution in [2.24, 2.45) is 0 Å². The maximum atomic E-state index is 11.5. The van der Waals surface area contributed by atoms with E-state index in [9.17, 15) is 15.0 Å². The lowest BCUT2D eigenvalue weighted by Gasteiger charge is -2.32. The summed E-state index contributed by atoms with van der Waals surface area (Å²) >= 11 is 0. The summed E-state index contributed by atoms with van der Waals surface area (Å²) < 4.78 is 0. The average molecular weight is 218 g/mol. The zero-order chi connectivity index (χ0) is 11.3. The maximum Gasteiger partial charge on any atom is 0.195 e. The van der Waals surface area contributed by atoms with E-state index in [1.165, 1.54) is 6.07 Å². The van der Waals surface area contributed by atoms with E-state index in [0.717, 1.165) is 19.3 Å². The average Bonchev–Trinajstić information content (AvgIpc) is 2.90. The molecule has 1 aliphatic rings. The van der Waals surface area contributed by atoms with Crippen LogP contribution in [0, 0.1) is 0 Å². The van der Waals surface area contributed by atoms with Crippen molar-refractivity contribution < 1.29 is 10.2 Å². The fourth-order valence-corrected chi connectivity index (χ4v) is 2.82. The van der Waals surface area contributed by atoms with E-state index in [0.29, 0.717) is 29.2 Å². The van der Waals surface area contributed by atoms with Crippen molar-refractivity contribution in [1.29, 1.82) is 0 Å². The van der Waals surface area contributed by atoms with Gasteiger partial charge >= 0.3 is 0 Å². The highest BCUT2D eigenvalue weighted by molar-refractivity contribution is 6.01. The molecule has 84 valence electrons. The molecular weight excluding hydrogens is 204 g/mol. The summed E-state index contributed by atoms with van der Waals surface area (Å²) in [4.78, 5) is 11.5. The Morgan fingerprint density at radius 2 is 1.81 bits per heavy atom. The summed E-state index contributed by atoms with van der Waals surface area (Å²) in [5.41, 5.74) is -0.524. The molecule has 0 amide bonds. The monoisotopic (exact) mass is 218 g/mol. The third-order valence-corrected chi connectivity index (χ3v) is 3.74. The molecule has 0 bridgehead atoms. The van der Waals surface area contributed by atoms with E-state index >= 15 is 0 Å². The largest absolute Gasteiger partial charge is 0.508 e. The summed E-state index contributed by atoms with van der Waals surface area (Å²) in [5.74, 6) is 0.0639. The number of hydrogen-bond acceptors (Lipinski definition) is 3. The van der Waals surface area contributed by atoms with Crippen LogP contribution >= 0.6 is 0 Å². The van der Waals surface area contributed by atoms with Crippen molar-refractivity contribution in [2.75, 3.05) is 0 Å². The summed E-state index contributed by atoms with van der Waals surface area (Å²) in [6, 6.07) is 3.15. The number of hydrogen-bond donors (Lipinski definition) is 2. The molecule has 2 N–H and O–H groups in total. The Balaban J connectivity index is 2.16. The molecule has 0 spiro atoms. The van der Waals surface area contributed by atoms with Gasteiger partial charge in [-0.05, 0) is 25.0 Å². The van der Waals surface area contributed by atoms with E-state index in [4.69, 9.17) is 0 Å². The second kappa shape index (κ2) is 3.08. The molecule has 0 heterocycles. The molecule has 1 saturated carbocycles. The van der Waals surface area contributed by atoms with E-state index in [1.54, 1.807) is 6.07 Å². The van der Waals surface area contributed by atoms with Crippen LogP contribution < -0.4 is 5.43 Å². The SMILES string of the molecule is O=c1c2ccc(O)c(C3(O)CCCCC3)c12. The van der Waals surface area contributed by atoms with E-state index < -0.39 is 5.60 Å². The highest BCUT2D eigenvalue weighted by Crippen LogP contribution is 2.44. The molecule has 0 atom stereocenters. The summed E-state index contributed by atoms with van der Waals surface area (Å²) in [5, 5.41) is 21.6. The lowest BCUT2D eigenvalue weighted by atomic mass is 9.79. The molecular formula is C13H14O3. The molecule has 3 heteroatoms. The van der Waals surface area contributed by atoms with Gasteiger partial charge in [0.05, 0.1) is 5.60 Å². The van der Waals surface area contributed by atoms with Crippen LogP contribution in [0.2, 0.25) is 0 Å². The zero-order valence-electron chi connectivity index (χ0n) is 8.99.